The van der Waals surface area contributed by atoms with Crippen molar-refractivity contribution in [3.05, 3.63) is 88.9 Å². The largest absolute Gasteiger partial charge is 0.433 e. The van der Waals surface area contributed by atoms with Crippen LogP contribution in [0, 0.1) is 18.6 Å². The predicted molar refractivity (Wildman–Crippen MR) is 149 cm³/mol. The summed E-state index contributed by atoms with van der Waals surface area (Å²) in [6.45, 7) is 2.12. The average molecular weight is 579 g/mol. The summed E-state index contributed by atoms with van der Waals surface area (Å²) in [7, 11) is -3.43. The fourth-order valence-corrected chi connectivity index (χ4v) is 5.99. The number of hydrogen-bond donors (Lipinski definition) is 2. The third kappa shape index (κ3) is 4.67. The van der Waals surface area contributed by atoms with E-state index in [-0.39, 0.29) is 23.0 Å². The van der Waals surface area contributed by atoms with E-state index in [2.05, 4.69) is 15.1 Å². The number of fused-ring (bicyclic) bond motifs is 2. The van der Waals surface area contributed by atoms with Gasteiger partial charge in [0.15, 0.2) is 11.6 Å². The molecule has 13 heteroatoms. The number of carbonyl (C=O) groups excluding carboxylic acids is 1. The monoisotopic (exact) mass is 578 g/mol. The van der Waals surface area contributed by atoms with Crippen molar-refractivity contribution < 1.29 is 26.7 Å². The number of aromatic nitrogens is 4. The molecule has 5 aromatic rings. The lowest BCUT2D eigenvalue weighted by Crippen LogP contribution is -2.34. The highest BCUT2D eigenvalue weighted by atomic mass is 32.2. The van der Waals surface area contributed by atoms with Crippen LogP contribution in [0.15, 0.2) is 54.9 Å². The molecule has 0 aliphatic carbocycles. The number of pyridine rings is 1. The van der Waals surface area contributed by atoms with Gasteiger partial charge in [-0.05, 0) is 61.2 Å². The second-order valence-corrected chi connectivity index (χ2v) is 11.7. The molecule has 3 aromatic heterocycles. The van der Waals surface area contributed by atoms with E-state index in [1.807, 2.05) is 6.07 Å². The molecular weight excluding hydrogens is 554 g/mol. The number of anilines is 2. The number of halogens is 2. The second-order valence-electron chi connectivity index (χ2n) is 9.84. The average Bonchev–Trinajstić information content (AvgIpc) is 3.51. The molecule has 1 aliphatic rings. The van der Waals surface area contributed by atoms with Crippen molar-refractivity contribution >= 4 is 38.2 Å². The molecular formula is C28H24F2N6O4S. The number of benzene rings is 2. The van der Waals surface area contributed by atoms with E-state index in [4.69, 9.17) is 10.5 Å². The third-order valence-corrected chi connectivity index (χ3v) is 8.18. The highest BCUT2D eigenvalue weighted by molar-refractivity contribution is 7.92. The Balaban J connectivity index is 1.30. The Hall–Kier alpha value is -4.78. The summed E-state index contributed by atoms with van der Waals surface area (Å²) in [5, 5.41) is 4.96. The minimum absolute atomic E-state index is 0.0347. The Kier molecular flexibility index (Phi) is 6.25. The maximum Gasteiger partial charge on any atom is 0.232 e. The summed E-state index contributed by atoms with van der Waals surface area (Å²) < 4.78 is 60.6. The number of nitrogens with two attached hydrogens (primary N) is 1. The molecule has 2 aromatic carbocycles. The van der Waals surface area contributed by atoms with Gasteiger partial charge in [-0.3, -0.25) is 9.10 Å². The fraction of sp³-hybridized carbons (Fsp3) is 0.179. The van der Waals surface area contributed by atoms with Gasteiger partial charge < -0.3 is 15.5 Å². The molecule has 0 radical (unpaired) electrons. The quantitative estimate of drug-likeness (QED) is 0.280. The maximum atomic E-state index is 14.0. The minimum Gasteiger partial charge on any atom is -0.433 e. The number of ether oxygens (including phenoxy) is 1. The molecule has 0 saturated carbocycles. The van der Waals surface area contributed by atoms with E-state index in [1.54, 1.807) is 19.1 Å². The zero-order valence-corrected chi connectivity index (χ0v) is 22.8. The zero-order chi connectivity index (χ0) is 29.1. The van der Waals surface area contributed by atoms with Gasteiger partial charge in [0.05, 0.1) is 41.3 Å². The van der Waals surface area contributed by atoms with Crippen molar-refractivity contribution in [2.75, 3.05) is 22.8 Å². The summed E-state index contributed by atoms with van der Waals surface area (Å²) in [4.78, 5) is 20.7. The van der Waals surface area contributed by atoms with Crippen LogP contribution in [0.25, 0.3) is 16.6 Å². The van der Waals surface area contributed by atoms with Gasteiger partial charge in [0.2, 0.25) is 27.4 Å². The highest BCUT2D eigenvalue weighted by Crippen LogP contribution is 2.34. The third-order valence-electron chi connectivity index (χ3n) is 7.00. The molecule has 3 N–H and O–H groups in total. The number of H-pyrrole nitrogens is 1. The number of sulfonamides is 1. The highest BCUT2D eigenvalue weighted by Gasteiger charge is 2.26. The van der Waals surface area contributed by atoms with Gasteiger partial charge in [0.25, 0.3) is 0 Å². The summed E-state index contributed by atoms with van der Waals surface area (Å²) >= 11 is 0. The van der Waals surface area contributed by atoms with E-state index in [0.29, 0.717) is 40.8 Å². The number of aryl methyl sites for hydroxylation is 2. The van der Waals surface area contributed by atoms with Crippen LogP contribution < -0.4 is 14.8 Å². The standard InChI is InChI=1S/C28H24F2N6O4S/c1-15-9-25(40-27-19(29)6-3-7-20(27)30)32-14-24(15)36-28(31)18(13-33-36)26(37)22-11-17-12-23-16(10-21(17)34-22)5-4-8-35(23)41(2,38)39/h3,6-7,9-14,34H,4-5,8,31H2,1-2H3. The van der Waals surface area contributed by atoms with Crippen molar-refractivity contribution in [3.8, 4) is 17.3 Å². The molecule has 0 unspecified atom stereocenters. The number of aromatic amines is 1. The number of nitrogen functional groups attached to an aromatic ring is 1. The molecule has 4 heterocycles. The van der Waals surface area contributed by atoms with Crippen LogP contribution in [0.4, 0.5) is 20.3 Å². The van der Waals surface area contributed by atoms with Crippen molar-refractivity contribution in [1.29, 1.82) is 0 Å². The number of carbonyl (C=O) groups is 1. The van der Waals surface area contributed by atoms with Gasteiger partial charge in [0.1, 0.15) is 5.82 Å². The lowest BCUT2D eigenvalue weighted by atomic mass is 10.0. The van der Waals surface area contributed by atoms with Crippen LogP contribution in [0.3, 0.4) is 0 Å². The normalized spacial score (nSPS) is 13.4. The van der Waals surface area contributed by atoms with Gasteiger partial charge >= 0.3 is 0 Å². The maximum absolute atomic E-state index is 14.0. The molecule has 6 rings (SSSR count). The van der Waals surface area contributed by atoms with Crippen LogP contribution >= 0.6 is 0 Å². The van der Waals surface area contributed by atoms with Crippen molar-refractivity contribution in [3.63, 3.8) is 0 Å². The number of nitrogens with one attached hydrogen (secondary N) is 1. The van der Waals surface area contributed by atoms with E-state index in [9.17, 15) is 22.0 Å². The molecule has 41 heavy (non-hydrogen) atoms. The lowest BCUT2D eigenvalue weighted by Gasteiger charge is -2.29. The van der Waals surface area contributed by atoms with Gasteiger partial charge in [-0.25, -0.2) is 26.9 Å². The van der Waals surface area contributed by atoms with Gasteiger partial charge in [-0.15, -0.1) is 0 Å². The lowest BCUT2D eigenvalue weighted by molar-refractivity contribution is 0.103. The second kappa shape index (κ2) is 9.70. The van der Waals surface area contributed by atoms with Crippen LogP contribution in [0.1, 0.15) is 33.6 Å². The van der Waals surface area contributed by atoms with Crippen LogP contribution in [0.5, 0.6) is 11.6 Å². The first kappa shape index (κ1) is 26.4. The van der Waals surface area contributed by atoms with Gasteiger partial charge in [0, 0.05) is 23.5 Å². The minimum atomic E-state index is -3.43. The van der Waals surface area contributed by atoms with E-state index in [1.165, 1.54) is 39.8 Å². The molecule has 1 aliphatic heterocycles. The first-order chi connectivity index (χ1) is 19.5. The van der Waals surface area contributed by atoms with E-state index < -0.39 is 33.2 Å². The molecule has 0 saturated heterocycles. The van der Waals surface area contributed by atoms with E-state index >= 15 is 0 Å². The topological polar surface area (TPSA) is 136 Å². The molecule has 0 atom stereocenters. The summed E-state index contributed by atoms with van der Waals surface area (Å²) in [6, 6.07) is 10.2. The van der Waals surface area contributed by atoms with Crippen LogP contribution in [-0.4, -0.2) is 46.8 Å². The van der Waals surface area contributed by atoms with Crippen molar-refractivity contribution in [1.82, 2.24) is 19.7 Å². The molecule has 0 spiro atoms. The van der Waals surface area contributed by atoms with Crippen LogP contribution in [-0.2, 0) is 16.4 Å². The van der Waals surface area contributed by atoms with E-state index in [0.717, 1.165) is 24.1 Å². The fourth-order valence-electron chi connectivity index (χ4n) is 5.00. The first-order valence-electron chi connectivity index (χ1n) is 12.6. The van der Waals surface area contributed by atoms with Crippen molar-refractivity contribution in [2.24, 2.45) is 0 Å². The number of ketones is 1. The number of para-hydroxylation sites is 1. The van der Waals surface area contributed by atoms with Gasteiger partial charge in [-0.1, -0.05) is 6.07 Å². The summed E-state index contributed by atoms with van der Waals surface area (Å²) in [5.41, 5.74) is 9.97. The van der Waals surface area contributed by atoms with Crippen LogP contribution in [0.2, 0.25) is 0 Å². The molecule has 10 nitrogen and oxygen atoms in total. The van der Waals surface area contributed by atoms with Crippen molar-refractivity contribution in [2.45, 2.75) is 19.8 Å². The Labute approximate surface area is 233 Å². The Morgan fingerprint density at radius 1 is 1.10 bits per heavy atom. The molecule has 0 amide bonds. The number of rotatable bonds is 6. The Bertz CT molecular complexity index is 1950. The number of nitrogens with zero attached hydrogens (tertiary/aromatic N) is 4. The smallest absolute Gasteiger partial charge is 0.232 e. The van der Waals surface area contributed by atoms with Gasteiger partial charge in [-0.2, -0.15) is 5.10 Å². The zero-order valence-electron chi connectivity index (χ0n) is 22.0. The molecule has 210 valence electrons. The molecule has 0 fully saturated rings. The molecule has 0 bridgehead atoms. The Morgan fingerprint density at radius 2 is 1.85 bits per heavy atom. The first-order valence-corrected chi connectivity index (χ1v) is 14.5. The SMILES string of the molecule is Cc1cc(Oc2c(F)cccc2F)ncc1-n1ncc(C(=O)c2cc3cc4c(cc3[nH]2)CCCN4S(C)(=O)=O)c1N. The predicted octanol–water partition coefficient (Wildman–Crippen LogP) is 4.65. The summed E-state index contributed by atoms with van der Waals surface area (Å²) in [6.07, 6.45) is 5.33. The number of hydrogen-bond acceptors (Lipinski definition) is 7. The summed E-state index contributed by atoms with van der Waals surface area (Å²) in [5.74, 6) is -2.66. The Morgan fingerprint density at radius 3 is 2.56 bits per heavy atom.